The Kier molecular flexibility index (Phi) is 7.02. The predicted octanol–water partition coefficient (Wildman–Crippen LogP) is 6.80. The van der Waals surface area contributed by atoms with Gasteiger partial charge in [-0.15, -0.1) is 17.8 Å². The molecule has 5 nitrogen and oxygen atoms in total. The molecule has 0 amide bonds. The molecule has 172 valence electrons. The second-order valence-corrected chi connectivity index (χ2v) is 9.54. The van der Waals surface area contributed by atoms with Gasteiger partial charge in [0.15, 0.2) is 16.6 Å². The van der Waals surface area contributed by atoms with E-state index in [1.807, 2.05) is 25.1 Å². The molecule has 0 saturated heterocycles. The summed E-state index contributed by atoms with van der Waals surface area (Å²) < 4.78 is 16.5. The minimum atomic E-state index is 0.0621. The summed E-state index contributed by atoms with van der Waals surface area (Å²) in [7, 11) is 1.65. The zero-order chi connectivity index (χ0) is 23.5. The van der Waals surface area contributed by atoms with E-state index in [1.54, 1.807) is 18.4 Å². The maximum atomic E-state index is 6.61. The van der Waals surface area contributed by atoms with Gasteiger partial charge < -0.3 is 19.1 Å². The van der Waals surface area contributed by atoms with Crippen molar-refractivity contribution in [2.24, 2.45) is 0 Å². The van der Waals surface area contributed by atoms with Gasteiger partial charge in [-0.2, -0.15) is 0 Å². The van der Waals surface area contributed by atoms with E-state index in [9.17, 15) is 0 Å². The van der Waals surface area contributed by atoms with Crippen LogP contribution >= 0.6 is 22.9 Å². The molecule has 1 aliphatic heterocycles. The molecule has 4 rings (SSSR count). The summed E-state index contributed by atoms with van der Waals surface area (Å²) >= 11 is 8.24. The minimum absolute atomic E-state index is 0.0621. The van der Waals surface area contributed by atoms with Crippen molar-refractivity contribution in [2.45, 2.75) is 39.7 Å². The van der Waals surface area contributed by atoms with Crippen LogP contribution in [0.2, 0.25) is 5.02 Å². The average Bonchev–Trinajstić information content (AvgIpc) is 3.43. The maximum Gasteiger partial charge on any atom is 0.231 e. The molecule has 0 aliphatic carbocycles. The highest BCUT2D eigenvalue weighted by Gasteiger charge is 2.26. The van der Waals surface area contributed by atoms with Gasteiger partial charge in [0.25, 0.3) is 0 Å². The van der Waals surface area contributed by atoms with Gasteiger partial charge in [-0.05, 0) is 55.7 Å². The Morgan fingerprint density at radius 3 is 2.76 bits per heavy atom. The van der Waals surface area contributed by atoms with Crippen LogP contribution < -0.4 is 19.1 Å². The Labute approximate surface area is 204 Å². The van der Waals surface area contributed by atoms with Crippen molar-refractivity contribution in [3.05, 3.63) is 51.4 Å². The number of rotatable bonds is 8. The van der Waals surface area contributed by atoms with E-state index in [4.69, 9.17) is 37.2 Å². The van der Waals surface area contributed by atoms with Crippen molar-refractivity contribution in [2.75, 3.05) is 25.3 Å². The fourth-order valence-electron chi connectivity index (χ4n) is 4.13. The lowest BCUT2D eigenvalue weighted by Gasteiger charge is -2.30. The molecular formula is C26H27ClN2O3S. The van der Waals surface area contributed by atoms with E-state index < -0.39 is 0 Å². The summed E-state index contributed by atoms with van der Waals surface area (Å²) in [6, 6.07) is 10.0. The van der Waals surface area contributed by atoms with E-state index in [0.29, 0.717) is 11.6 Å². The summed E-state index contributed by atoms with van der Waals surface area (Å²) in [6.45, 7) is 6.94. The number of ether oxygens (including phenoxy) is 3. The molecule has 2 heterocycles. The second-order valence-electron chi connectivity index (χ2n) is 7.95. The molecule has 1 aliphatic rings. The number of thiazole rings is 1. The van der Waals surface area contributed by atoms with Gasteiger partial charge in [0.05, 0.1) is 30.4 Å². The highest BCUT2D eigenvalue weighted by Crippen LogP contribution is 2.42. The van der Waals surface area contributed by atoms with Gasteiger partial charge in [-0.25, -0.2) is 4.98 Å². The number of anilines is 1. The standard InChI is InChI=1S/C26H27ClN2O3S/c1-6-8-21(18-9-10-22-24(13-18)32-15-31-22)29(11-7-2)26-28-25(17(4)33-26)19-12-16(3)23(30-5)14-20(19)27/h2,9-10,12-14,21H,6,8,11,15H2,1,3-5H3. The zero-order valence-corrected chi connectivity index (χ0v) is 20.8. The van der Waals surface area contributed by atoms with Crippen molar-refractivity contribution < 1.29 is 14.2 Å². The van der Waals surface area contributed by atoms with E-state index in [1.165, 1.54) is 0 Å². The van der Waals surface area contributed by atoms with Crippen LogP contribution in [0.25, 0.3) is 11.3 Å². The molecule has 33 heavy (non-hydrogen) atoms. The number of benzene rings is 2. The molecule has 0 radical (unpaired) electrons. The number of aryl methyl sites for hydroxylation is 2. The third kappa shape index (κ3) is 4.62. The fraction of sp³-hybridized carbons (Fsp3) is 0.346. The number of fused-ring (bicyclic) bond motifs is 1. The van der Waals surface area contributed by atoms with Crippen molar-refractivity contribution in [3.8, 4) is 40.8 Å². The Morgan fingerprint density at radius 2 is 2.03 bits per heavy atom. The van der Waals surface area contributed by atoms with Gasteiger partial charge in [0.1, 0.15) is 5.75 Å². The molecule has 0 fully saturated rings. The topological polar surface area (TPSA) is 43.8 Å². The van der Waals surface area contributed by atoms with Gasteiger partial charge in [0.2, 0.25) is 6.79 Å². The molecule has 7 heteroatoms. The fourth-order valence-corrected chi connectivity index (χ4v) is 5.34. The van der Waals surface area contributed by atoms with Gasteiger partial charge >= 0.3 is 0 Å². The lowest BCUT2D eigenvalue weighted by atomic mass is 10.00. The van der Waals surface area contributed by atoms with Crippen LogP contribution in [0.4, 0.5) is 5.13 Å². The summed E-state index contributed by atoms with van der Waals surface area (Å²) in [5.41, 5.74) is 3.90. The first-order valence-electron chi connectivity index (χ1n) is 10.9. The quantitative estimate of drug-likeness (QED) is 0.330. The minimum Gasteiger partial charge on any atom is -0.496 e. The number of terminal acetylenes is 1. The lowest BCUT2D eigenvalue weighted by Crippen LogP contribution is -2.29. The Morgan fingerprint density at radius 1 is 1.24 bits per heavy atom. The van der Waals surface area contributed by atoms with E-state index in [2.05, 4.69) is 36.8 Å². The number of methoxy groups -OCH3 is 1. The number of hydrogen-bond donors (Lipinski definition) is 0. The Bertz CT molecular complexity index is 1200. The highest BCUT2D eigenvalue weighted by atomic mass is 35.5. The Hall–Kier alpha value is -2.88. The van der Waals surface area contributed by atoms with Crippen LogP contribution in [-0.2, 0) is 0 Å². The van der Waals surface area contributed by atoms with Gasteiger partial charge in [-0.1, -0.05) is 36.9 Å². The maximum absolute atomic E-state index is 6.61. The molecule has 0 spiro atoms. The first kappa shape index (κ1) is 23.3. The molecule has 1 aromatic heterocycles. The number of aromatic nitrogens is 1. The van der Waals surface area contributed by atoms with Crippen molar-refractivity contribution in [1.82, 2.24) is 4.98 Å². The largest absolute Gasteiger partial charge is 0.496 e. The summed E-state index contributed by atoms with van der Waals surface area (Å²) in [5, 5.41) is 1.49. The average molecular weight is 483 g/mol. The SMILES string of the molecule is C#CCN(c1nc(-c2cc(C)c(OC)cc2Cl)c(C)s1)C(CCC)c1ccc2c(c1)OCO2. The number of nitrogens with zero attached hydrogens (tertiary/aromatic N) is 2. The Balaban J connectivity index is 1.75. The summed E-state index contributed by atoms with van der Waals surface area (Å²) in [4.78, 5) is 8.31. The molecule has 0 saturated carbocycles. The summed E-state index contributed by atoms with van der Waals surface area (Å²) in [5.74, 6) is 5.13. The monoisotopic (exact) mass is 482 g/mol. The molecular weight excluding hydrogens is 456 g/mol. The predicted molar refractivity (Wildman–Crippen MR) is 135 cm³/mol. The van der Waals surface area contributed by atoms with Gasteiger partial charge in [-0.3, -0.25) is 0 Å². The molecule has 3 aromatic rings. The number of halogens is 1. The second kappa shape index (κ2) is 9.94. The van der Waals surface area contributed by atoms with Gasteiger partial charge in [0, 0.05) is 10.4 Å². The molecule has 2 aromatic carbocycles. The van der Waals surface area contributed by atoms with Crippen molar-refractivity contribution >= 4 is 28.1 Å². The first-order valence-corrected chi connectivity index (χ1v) is 12.1. The molecule has 0 N–H and O–H groups in total. The van der Waals surface area contributed by atoms with E-state index in [-0.39, 0.29) is 12.8 Å². The van der Waals surface area contributed by atoms with Crippen LogP contribution in [0.1, 0.15) is 41.8 Å². The zero-order valence-electron chi connectivity index (χ0n) is 19.3. The summed E-state index contributed by atoms with van der Waals surface area (Å²) in [6.07, 6.45) is 7.74. The lowest BCUT2D eigenvalue weighted by molar-refractivity contribution is 0.174. The molecule has 0 bridgehead atoms. The van der Waals surface area contributed by atoms with Crippen molar-refractivity contribution in [1.29, 1.82) is 0 Å². The first-order chi connectivity index (χ1) is 16.0. The number of hydrogen-bond acceptors (Lipinski definition) is 6. The molecule has 1 unspecified atom stereocenters. The smallest absolute Gasteiger partial charge is 0.231 e. The normalized spacial score (nSPS) is 13.0. The van der Waals surface area contributed by atoms with Crippen molar-refractivity contribution in [3.63, 3.8) is 0 Å². The third-order valence-corrected chi connectivity index (χ3v) is 7.07. The highest BCUT2D eigenvalue weighted by molar-refractivity contribution is 7.16. The van der Waals surface area contributed by atoms with Crippen LogP contribution in [0, 0.1) is 26.2 Å². The van der Waals surface area contributed by atoms with E-state index in [0.717, 1.165) is 62.5 Å². The molecule has 1 atom stereocenters. The van der Waals surface area contributed by atoms with Crippen LogP contribution in [0.5, 0.6) is 17.2 Å². The van der Waals surface area contributed by atoms with E-state index >= 15 is 0 Å². The van der Waals surface area contributed by atoms with Crippen LogP contribution in [-0.4, -0.2) is 25.4 Å². The third-order valence-electron chi connectivity index (χ3n) is 5.75. The van der Waals surface area contributed by atoms with Crippen LogP contribution in [0.3, 0.4) is 0 Å². The van der Waals surface area contributed by atoms with Crippen LogP contribution in [0.15, 0.2) is 30.3 Å².